The monoisotopic (exact) mass is 448 g/mol. The number of aliphatic imine (C=N–C) groups is 1. The molecule has 0 spiro atoms. The normalized spacial score (nSPS) is 17.9. The summed E-state index contributed by atoms with van der Waals surface area (Å²) in [7, 11) is 0. The van der Waals surface area contributed by atoms with Crippen LogP contribution in [0.5, 0.6) is 0 Å². The Hall–Kier alpha value is -3.15. The SMILES string of the molecule is CCOC(=O)C1=C(c2ccccc2)N=C2SC(C#N)=C(N)N2[C@H]1c1ccc(SC)cc1. The molecule has 8 heteroatoms. The van der Waals surface area contributed by atoms with Crippen LogP contribution in [0.25, 0.3) is 5.70 Å². The molecule has 4 rings (SSSR count). The van der Waals surface area contributed by atoms with E-state index < -0.39 is 12.0 Å². The second kappa shape index (κ2) is 8.92. The van der Waals surface area contributed by atoms with Crippen molar-refractivity contribution in [2.45, 2.75) is 17.9 Å². The van der Waals surface area contributed by atoms with Gasteiger partial charge in [-0.2, -0.15) is 5.26 Å². The molecule has 2 aliphatic heterocycles. The summed E-state index contributed by atoms with van der Waals surface area (Å²) in [5, 5.41) is 10.1. The van der Waals surface area contributed by atoms with E-state index in [2.05, 4.69) is 6.07 Å². The summed E-state index contributed by atoms with van der Waals surface area (Å²) in [5.41, 5.74) is 8.95. The van der Waals surface area contributed by atoms with Gasteiger partial charge >= 0.3 is 5.97 Å². The molecule has 0 saturated heterocycles. The van der Waals surface area contributed by atoms with Gasteiger partial charge in [0.1, 0.15) is 16.8 Å². The van der Waals surface area contributed by atoms with Gasteiger partial charge in [0.2, 0.25) is 0 Å². The third-order valence-electron chi connectivity index (χ3n) is 4.96. The molecular formula is C23H20N4O2S2. The molecule has 0 bridgehead atoms. The molecule has 0 radical (unpaired) electrons. The number of benzene rings is 2. The number of hydrogen-bond acceptors (Lipinski definition) is 8. The second-order valence-electron chi connectivity index (χ2n) is 6.72. The first-order chi connectivity index (χ1) is 15.1. The van der Waals surface area contributed by atoms with E-state index in [1.165, 1.54) is 11.8 Å². The zero-order valence-electron chi connectivity index (χ0n) is 17.0. The highest BCUT2D eigenvalue weighted by Gasteiger charge is 2.43. The molecule has 0 aliphatic carbocycles. The number of nitriles is 1. The van der Waals surface area contributed by atoms with Crippen LogP contribution in [0, 0.1) is 11.3 Å². The van der Waals surface area contributed by atoms with Crippen molar-refractivity contribution in [1.82, 2.24) is 4.90 Å². The number of fused-ring (bicyclic) bond motifs is 1. The van der Waals surface area contributed by atoms with Gasteiger partial charge in [-0.15, -0.1) is 11.8 Å². The van der Waals surface area contributed by atoms with Crippen molar-refractivity contribution in [3.8, 4) is 6.07 Å². The van der Waals surface area contributed by atoms with Crippen LogP contribution in [0.1, 0.15) is 24.1 Å². The first-order valence-corrected chi connectivity index (χ1v) is 11.7. The van der Waals surface area contributed by atoms with E-state index in [-0.39, 0.29) is 6.61 Å². The van der Waals surface area contributed by atoms with Crippen molar-refractivity contribution in [1.29, 1.82) is 5.26 Å². The van der Waals surface area contributed by atoms with Crippen molar-refractivity contribution in [3.63, 3.8) is 0 Å². The lowest BCUT2D eigenvalue weighted by molar-refractivity contribution is -0.139. The number of rotatable bonds is 5. The average Bonchev–Trinajstić information content (AvgIpc) is 3.14. The molecule has 6 nitrogen and oxygen atoms in total. The number of carbonyl (C=O) groups excluding carboxylic acids is 1. The fourth-order valence-corrected chi connectivity index (χ4v) is 4.84. The minimum Gasteiger partial charge on any atom is -0.463 e. The molecule has 0 fully saturated rings. The molecule has 2 N–H and O–H groups in total. The van der Waals surface area contributed by atoms with Gasteiger partial charge < -0.3 is 10.5 Å². The average molecular weight is 449 g/mol. The Morgan fingerprint density at radius 1 is 1.26 bits per heavy atom. The summed E-state index contributed by atoms with van der Waals surface area (Å²) in [6.45, 7) is 2.01. The molecule has 2 aromatic carbocycles. The Morgan fingerprint density at radius 2 is 1.97 bits per heavy atom. The number of hydrogen-bond donors (Lipinski definition) is 1. The van der Waals surface area contributed by atoms with E-state index in [0.29, 0.717) is 27.2 Å². The van der Waals surface area contributed by atoms with Crippen LogP contribution in [-0.4, -0.2) is 28.9 Å². The Bertz CT molecular complexity index is 1150. The van der Waals surface area contributed by atoms with Gasteiger partial charge in [-0.05, 0) is 42.6 Å². The maximum absolute atomic E-state index is 13.2. The first-order valence-electron chi connectivity index (χ1n) is 9.65. The minimum atomic E-state index is -0.559. The predicted octanol–water partition coefficient (Wildman–Crippen LogP) is 4.49. The van der Waals surface area contributed by atoms with E-state index in [0.717, 1.165) is 16.0 Å². The third-order valence-corrected chi connectivity index (χ3v) is 6.68. The summed E-state index contributed by atoms with van der Waals surface area (Å²) in [4.78, 5) is 21.2. The number of esters is 1. The summed E-state index contributed by atoms with van der Waals surface area (Å²) < 4.78 is 5.44. The Morgan fingerprint density at radius 3 is 2.58 bits per heavy atom. The van der Waals surface area contributed by atoms with Crippen LogP contribution in [-0.2, 0) is 9.53 Å². The summed E-state index contributed by atoms with van der Waals surface area (Å²) >= 11 is 2.85. The van der Waals surface area contributed by atoms with E-state index in [9.17, 15) is 10.1 Å². The lowest BCUT2D eigenvalue weighted by Crippen LogP contribution is -2.38. The van der Waals surface area contributed by atoms with E-state index in [1.807, 2.05) is 60.9 Å². The zero-order valence-corrected chi connectivity index (χ0v) is 18.7. The first kappa shape index (κ1) is 21.1. The second-order valence-corrected chi connectivity index (χ2v) is 8.57. The van der Waals surface area contributed by atoms with Crippen LogP contribution < -0.4 is 5.73 Å². The molecule has 0 unspecified atom stereocenters. The Labute approximate surface area is 189 Å². The maximum atomic E-state index is 13.2. The van der Waals surface area contributed by atoms with Gasteiger partial charge in [0, 0.05) is 10.5 Å². The van der Waals surface area contributed by atoms with Crippen LogP contribution in [0.15, 0.2) is 80.8 Å². The molecule has 2 aromatic rings. The standard InChI is InChI=1S/C23H20N4O2S2/c1-3-29-22(28)18-19(14-7-5-4-6-8-14)26-23-27(21(25)17(13-24)31-23)20(18)15-9-11-16(30-2)12-10-15/h4-12,20H,3,25H2,1-2H3/t20-/m0/s1. The van der Waals surface area contributed by atoms with Gasteiger partial charge in [0.15, 0.2) is 5.17 Å². The smallest absolute Gasteiger partial charge is 0.338 e. The number of thioether (sulfide) groups is 2. The highest BCUT2D eigenvalue weighted by molar-refractivity contribution is 8.17. The van der Waals surface area contributed by atoms with Crippen LogP contribution in [0.4, 0.5) is 0 Å². The molecule has 156 valence electrons. The van der Waals surface area contributed by atoms with Crippen molar-refractivity contribution in [2.75, 3.05) is 12.9 Å². The zero-order chi connectivity index (χ0) is 22.0. The number of ether oxygens (including phenoxy) is 1. The molecule has 0 amide bonds. The number of amidine groups is 1. The van der Waals surface area contributed by atoms with Crippen LogP contribution in [0.2, 0.25) is 0 Å². The number of nitrogens with zero attached hydrogens (tertiary/aromatic N) is 3. The van der Waals surface area contributed by atoms with Gasteiger partial charge in [0.25, 0.3) is 0 Å². The largest absolute Gasteiger partial charge is 0.463 e. The summed E-state index contributed by atoms with van der Waals surface area (Å²) in [6, 6.07) is 19.1. The van der Waals surface area contributed by atoms with E-state index in [1.54, 1.807) is 23.6 Å². The van der Waals surface area contributed by atoms with Crippen LogP contribution >= 0.6 is 23.5 Å². The highest BCUT2D eigenvalue weighted by Crippen LogP contribution is 2.47. The number of nitrogens with two attached hydrogens (primary N) is 1. The molecule has 31 heavy (non-hydrogen) atoms. The van der Waals surface area contributed by atoms with Crippen molar-refractivity contribution in [3.05, 3.63) is 82.0 Å². The fourth-order valence-electron chi connectivity index (χ4n) is 3.56. The topological polar surface area (TPSA) is 91.7 Å². The molecular weight excluding hydrogens is 428 g/mol. The van der Waals surface area contributed by atoms with Gasteiger partial charge in [-0.3, -0.25) is 4.90 Å². The Kier molecular flexibility index (Phi) is 6.07. The van der Waals surface area contributed by atoms with E-state index in [4.69, 9.17) is 15.5 Å². The number of carbonyl (C=O) groups is 1. The van der Waals surface area contributed by atoms with Gasteiger partial charge in [-0.1, -0.05) is 42.5 Å². The fraction of sp³-hybridized carbons (Fsp3) is 0.174. The van der Waals surface area contributed by atoms with Crippen molar-refractivity contribution in [2.24, 2.45) is 10.7 Å². The van der Waals surface area contributed by atoms with E-state index >= 15 is 0 Å². The number of allylic oxidation sites excluding steroid dienone is 1. The molecule has 1 atom stereocenters. The van der Waals surface area contributed by atoms with Crippen LogP contribution in [0.3, 0.4) is 0 Å². The lowest BCUT2D eigenvalue weighted by atomic mass is 9.92. The van der Waals surface area contributed by atoms with Gasteiger partial charge in [0.05, 0.1) is 23.9 Å². The molecule has 2 aliphatic rings. The predicted molar refractivity (Wildman–Crippen MR) is 125 cm³/mol. The maximum Gasteiger partial charge on any atom is 0.338 e. The molecule has 0 saturated carbocycles. The summed E-state index contributed by atoms with van der Waals surface area (Å²) in [6.07, 6.45) is 2.01. The lowest BCUT2D eigenvalue weighted by Gasteiger charge is -2.35. The quantitative estimate of drug-likeness (QED) is 0.532. The molecule has 0 aromatic heterocycles. The Balaban J connectivity index is 1.98. The third kappa shape index (κ3) is 3.82. The minimum absolute atomic E-state index is 0.239. The summed E-state index contributed by atoms with van der Waals surface area (Å²) in [5.74, 6) is -0.162. The van der Waals surface area contributed by atoms with Gasteiger partial charge in [-0.25, -0.2) is 9.79 Å². The molecule has 2 heterocycles. The van der Waals surface area contributed by atoms with Crippen molar-refractivity contribution >= 4 is 40.4 Å². The highest BCUT2D eigenvalue weighted by atomic mass is 32.2. The van der Waals surface area contributed by atoms with Crippen molar-refractivity contribution < 1.29 is 9.53 Å².